The number of carbonyl (C=O) groups is 1. The van der Waals surface area contributed by atoms with Crippen molar-refractivity contribution >= 4 is 5.97 Å². The Labute approximate surface area is 201 Å². The summed E-state index contributed by atoms with van der Waals surface area (Å²) in [6, 6.07) is 0. The molecule has 0 bridgehead atoms. The standard InChI is InChI=1S/C27H38O7/c1-12(2)9-17-10-14(4)18-8-7-13(3)20-22(18)21(17)15(5)23(30)25(20)34-27-26(33-16(6)28)24(31)19(29)11-32-27/h9,13-14,17-19,24,26-27,29-31H,7-8,10-11H2,1-6H3/t13-,14-,17-,18+,19-,24+,26-,27+/m0/s1. The highest BCUT2D eigenvalue weighted by atomic mass is 16.7. The van der Waals surface area contributed by atoms with Crippen molar-refractivity contribution in [3.05, 3.63) is 33.9 Å². The van der Waals surface area contributed by atoms with Crippen molar-refractivity contribution in [2.24, 2.45) is 5.92 Å². The van der Waals surface area contributed by atoms with E-state index in [1.54, 1.807) is 0 Å². The average molecular weight is 475 g/mol. The fraction of sp³-hybridized carbons (Fsp3) is 0.667. The Kier molecular flexibility index (Phi) is 7.00. The Balaban J connectivity index is 1.85. The van der Waals surface area contributed by atoms with E-state index < -0.39 is 30.6 Å². The Morgan fingerprint density at radius 2 is 1.79 bits per heavy atom. The van der Waals surface area contributed by atoms with Gasteiger partial charge in [0, 0.05) is 18.4 Å². The third-order valence-corrected chi connectivity index (χ3v) is 7.76. The maximum atomic E-state index is 11.7. The van der Waals surface area contributed by atoms with Crippen molar-refractivity contribution < 1.29 is 34.3 Å². The fourth-order valence-electron chi connectivity index (χ4n) is 6.21. The number of aromatic hydroxyl groups is 1. The molecule has 7 nitrogen and oxygen atoms in total. The number of hydrogen-bond acceptors (Lipinski definition) is 7. The fourth-order valence-corrected chi connectivity index (χ4v) is 6.21. The van der Waals surface area contributed by atoms with Gasteiger partial charge >= 0.3 is 5.97 Å². The van der Waals surface area contributed by atoms with Gasteiger partial charge in [0.25, 0.3) is 0 Å². The van der Waals surface area contributed by atoms with Crippen molar-refractivity contribution in [1.82, 2.24) is 0 Å². The van der Waals surface area contributed by atoms with Crippen molar-refractivity contribution in [2.75, 3.05) is 6.61 Å². The number of esters is 1. The van der Waals surface area contributed by atoms with Crippen LogP contribution in [-0.2, 0) is 14.3 Å². The van der Waals surface area contributed by atoms with E-state index >= 15 is 0 Å². The van der Waals surface area contributed by atoms with Crippen LogP contribution in [0.2, 0.25) is 0 Å². The Bertz CT molecular complexity index is 980. The number of aliphatic hydroxyl groups excluding tert-OH is 2. The van der Waals surface area contributed by atoms with Gasteiger partial charge in [-0.05, 0) is 74.5 Å². The lowest BCUT2D eigenvalue weighted by atomic mass is 9.62. The number of hydrogen-bond donors (Lipinski definition) is 3. The van der Waals surface area contributed by atoms with Gasteiger partial charge in [0.1, 0.15) is 12.2 Å². The number of rotatable bonds is 4. The predicted molar refractivity (Wildman–Crippen MR) is 127 cm³/mol. The molecule has 2 aliphatic carbocycles. The highest BCUT2D eigenvalue weighted by Crippen LogP contribution is 2.58. The molecule has 4 rings (SSSR count). The SMILES string of the molecule is CC(=O)O[C@@H]1[C@@H](Oc2c(O)c(C)c3c4c2[C@@H](C)CC[C@@H]4[C@@H](C)C[C@@H]3C=C(C)C)OC[C@H](O)[C@H]1O. The summed E-state index contributed by atoms with van der Waals surface area (Å²) in [7, 11) is 0. The molecular formula is C27H38O7. The minimum atomic E-state index is -1.35. The number of benzene rings is 1. The van der Waals surface area contributed by atoms with E-state index in [9.17, 15) is 20.1 Å². The van der Waals surface area contributed by atoms with Crippen molar-refractivity contribution in [2.45, 2.75) is 103 Å². The third-order valence-electron chi connectivity index (χ3n) is 7.76. The van der Waals surface area contributed by atoms with Crippen LogP contribution in [0.25, 0.3) is 0 Å². The van der Waals surface area contributed by atoms with Crippen LogP contribution >= 0.6 is 0 Å². The predicted octanol–water partition coefficient (Wildman–Crippen LogP) is 4.16. The first-order chi connectivity index (χ1) is 16.0. The van der Waals surface area contributed by atoms with Gasteiger partial charge in [0.05, 0.1) is 6.61 Å². The molecule has 3 aliphatic rings. The molecule has 0 amide bonds. The second-order valence-electron chi connectivity index (χ2n) is 10.6. The van der Waals surface area contributed by atoms with Gasteiger partial charge in [-0.2, -0.15) is 0 Å². The molecule has 8 atom stereocenters. The van der Waals surface area contributed by atoms with Crippen molar-refractivity contribution in [1.29, 1.82) is 0 Å². The van der Waals surface area contributed by atoms with Gasteiger partial charge in [0.2, 0.25) is 6.29 Å². The monoisotopic (exact) mass is 474 g/mol. The summed E-state index contributed by atoms with van der Waals surface area (Å²) in [4.78, 5) is 11.7. The van der Waals surface area contributed by atoms with E-state index in [1.165, 1.54) is 23.6 Å². The first kappa shape index (κ1) is 25.0. The maximum absolute atomic E-state index is 11.7. The van der Waals surface area contributed by atoms with Gasteiger partial charge < -0.3 is 29.5 Å². The quantitative estimate of drug-likeness (QED) is 0.444. The normalized spacial score (nSPS) is 34.7. The van der Waals surface area contributed by atoms with E-state index in [1.807, 2.05) is 6.92 Å². The van der Waals surface area contributed by atoms with Gasteiger partial charge in [-0.25, -0.2) is 0 Å². The van der Waals surface area contributed by atoms with E-state index in [2.05, 4.69) is 33.8 Å². The largest absolute Gasteiger partial charge is 0.504 e. The van der Waals surface area contributed by atoms with Gasteiger partial charge in [-0.3, -0.25) is 4.79 Å². The lowest BCUT2D eigenvalue weighted by Crippen LogP contribution is -2.56. The van der Waals surface area contributed by atoms with Gasteiger partial charge in [0.15, 0.2) is 17.6 Å². The molecule has 0 saturated carbocycles. The molecule has 3 N–H and O–H groups in total. The van der Waals surface area contributed by atoms with E-state index in [-0.39, 0.29) is 24.2 Å². The molecule has 1 aromatic rings. The molecule has 1 aromatic carbocycles. The topological polar surface area (TPSA) is 105 Å². The molecule has 1 fully saturated rings. The summed E-state index contributed by atoms with van der Waals surface area (Å²) in [5.74, 6) is 1.05. The second kappa shape index (κ2) is 9.51. The number of aliphatic hydroxyl groups is 2. The lowest BCUT2D eigenvalue weighted by molar-refractivity contribution is -0.250. The molecule has 188 valence electrons. The highest BCUT2D eigenvalue weighted by molar-refractivity contribution is 5.66. The highest BCUT2D eigenvalue weighted by Gasteiger charge is 2.46. The molecule has 1 heterocycles. The lowest BCUT2D eigenvalue weighted by Gasteiger charge is -2.44. The Hall–Kier alpha value is -2.09. The third kappa shape index (κ3) is 4.34. The summed E-state index contributed by atoms with van der Waals surface area (Å²) in [6.45, 7) is 11.7. The molecule has 1 aliphatic heterocycles. The average Bonchev–Trinajstić information content (AvgIpc) is 2.75. The second-order valence-corrected chi connectivity index (χ2v) is 10.6. The Morgan fingerprint density at radius 1 is 1.09 bits per heavy atom. The summed E-state index contributed by atoms with van der Waals surface area (Å²) >= 11 is 0. The number of ether oxygens (including phenoxy) is 3. The van der Waals surface area contributed by atoms with E-state index in [4.69, 9.17) is 14.2 Å². The molecule has 34 heavy (non-hydrogen) atoms. The number of carbonyl (C=O) groups excluding carboxylic acids is 1. The molecule has 0 radical (unpaired) electrons. The van der Waals surface area contributed by atoms with E-state index in [0.717, 1.165) is 30.4 Å². The van der Waals surface area contributed by atoms with Crippen LogP contribution in [0.5, 0.6) is 11.5 Å². The molecule has 0 unspecified atom stereocenters. The molecule has 1 saturated heterocycles. The molecule has 0 aromatic heterocycles. The van der Waals surface area contributed by atoms with Crippen LogP contribution in [0.3, 0.4) is 0 Å². The van der Waals surface area contributed by atoms with Crippen LogP contribution in [0.15, 0.2) is 11.6 Å². The molecule has 7 heteroatoms. The zero-order valence-corrected chi connectivity index (χ0v) is 21.0. The summed E-state index contributed by atoms with van der Waals surface area (Å²) in [5, 5.41) is 31.9. The van der Waals surface area contributed by atoms with Gasteiger partial charge in [-0.15, -0.1) is 0 Å². The zero-order chi connectivity index (χ0) is 24.9. The number of phenolic OH excluding ortho intramolecular Hbond substituents is 1. The number of phenols is 1. The Morgan fingerprint density at radius 3 is 2.44 bits per heavy atom. The van der Waals surface area contributed by atoms with Crippen molar-refractivity contribution in [3.63, 3.8) is 0 Å². The summed E-state index contributed by atoms with van der Waals surface area (Å²) in [6.07, 6.45) is 0.500. The number of allylic oxidation sites excluding steroid dienone is 2. The van der Waals surface area contributed by atoms with Crippen LogP contribution in [0.1, 0.15) is 93.9 Å². The van der Waals surface area contributed by atoms with Crippen LogP contribution in [-0.4, -0.2) is 52.5 Å². The smallest absolute Gasteiger partial charge is 0.303 e. The molecular weight excluding hydrogens is 436 g/mol. The van der Waals surface area contributed by atoms with Crippen LogP contribution in [0, 0.1) is 12.8 Å². The molecule has 0 spiro atoms. The summed E-state index contributed by atoms with van der Waals surface area (Å²) in [5.41, 5.74) is 5.50. The first-order valence-electron chi connectivity index (χ1n) is 12.4. The van der Waals surface area contributed by atoms with E-state index in [0.29, 0.717) is 17.6 Å². The van der Waals surface area contributed by atoms with Crippen LogP contribution in [0.4, 0.5) is 0 Å². The van der Waals surface area contributed by atoms with Gasteiger partial charge in [-0.1, -0.05) is 25.5 Å². The maximum Gasteiger partial charge on any atom is 0.303 e. The summed E-state index contributed by atoms with van der Waals surface area (Å²) < 4.78 is 17.2. The minimum absolute atomic E-state index is 0.0637. The van der Waals surface area contributed by atoms with Crippen molar-refractivity contribution in [3.8, 4) is 11.5 Å². The van der Waals surface area contributed by atoms with Crippen LogP contribution < -0.4 is 4.74 Å². The first-order valence-corrected chi connectivity index (χ1v) is 12.4. The minimum Gasteiger partial charge on any atom is -0.504 e. The zero-order valence-electron chi connectivity index (χ0n) is 21.0.